The summed E-state index contributed by atoms with van der Waals surface area (Å²) in [5.41, 5.74) is 0. The third-order valence-electron chi connectivity index (χ3n) is 2.19. The van der Waals surface area contributed by atoms with E-state index in [4.69, 9.17) is 0 Å². The monoisotopic (exact) mass is 213 g/mol. The number of ketones is 1. The largest absolute Gasteiger partial charge is 0.466 e. The highest BCUT2D eigenvalue weighted by Gasteiger charge is 2.23. The summed E-state index contributed by atoms with van der Waals surface area (Å²) in [7, 11) is 0. The van der Waals surface area contributed by atoms with E-state index in [9.17, 15) is 14.4 Å². The molecule has 1 heterocycles. The first kappa shape index (κ1) is 11.7. The Morgan fingerprint density at radius 2 is 2.20 bits per heavy atom. The zero-order valence-corrected chi connectivity index (χ0v) is 8.82. The number of esters is 1. The molecule has 1 amide bonds. The number of ether oxygens (including phenoxy) is 1. The average Bonchev–Trinajstić information content (AvgIpc) is 2.52. The molecule has 0 aromatic rings. The molecule has 1 rings (SSSR count). The van der Waals surface area contributed by atoms with Crippen LogP contribution in [0.2, 0.25) is 0 Å². The van der Waals surface area contributed by atoms with Crippen molar-refractivity contribution < 1.29 is 19.1 Å². The van der Waals surface area contributed by atoms with Crippen molar-refractivity contribution in [2.75, 3.05) is 19.7 Å². The maximum absolute atomic E-state index is 11.3. The van der Waals surface area contributed by atoms with E-state index in [0.29, 0.717) is 13.0 Å². The van der Waals surface area contributed by atoms with Gasteiger partial charge in [-0.3, -0.25) is 14.4 Å². The van der Waals surface area contributed by atoms with E-state index in [1.165, 1.54) is 4.90 Å². The Bertz CT molecular complexity index is 275. The van der Waals surface area contributed by atoms with Gasteiger partial charge in [0.1, 0.15) is 6.42 Å². The van der Waals surface area contributed by atoms with Crippen LogP contribution < -0.4 is 0 Å². The fourth-order valence-corrected chi connectivity index (χ4v) is 1.51. The molecular formula is C10H15NO4. The zero-order chi connectivity index (χ0) is 11.3. The zero-order valence-electron chi connectivity index (χ0n) is 8.82. The van der Waals surface area contributed by atoms with Crippen LogP contribution in [-0.2, 0) is 19.1 Å². The smallest absolute Gasteiger partial charge is 0.313 e. The molecule has 1 aliphatic rings. The fourth-order valence-electron chi connectivity index (χ4n) is 1.51. The lowest BCUT2D eigenvalue weighted by atomic mass is 10.2. The molecule has 0 spiro atoms. The van der Waals surface area contributed by atoms with Crippen LogP contribution in [-0.4, -0.2) is 42.3 Å². The molecule has 0 bridgehead atoms. The lowest BCUT2D eigenvalue weighted by Gasteiger charge is -2.13. The number of carbonyl (C=O) groups is 3. The molecule has 0 N–H and O–H groups in total. The number of amides is 1. The van der Waals surface area contributed by atoms with Crippen molar-refractivity contribution in [1.82, 2.24) is 4.90 Å². The highest BCUT2D eigenvalue weighted by Crippen LogP contribution is 2.09. The minimum Gasteiger partial charge on any atom is -0.466 e. The Morgan fingerprint density at radius 3 is 2.73 bits per heavy atom. The second-order valence-corrected chi connectivity index (χ2v) is 3.44. The molecule has 1 fully saturated rings. The highest BCUT2D eigenvalue weighted by molar-refractivity contribution is 5.98. The van der Waals surface area contributed by atoms with Gasteiger partial charge in [0.05, 0.1) is 13.2 Å². The highest BCUT2D eigenvalue weighted by atomic mass is 16.5. The SMILES string of the molecule is CCOC(=O)CC(=O)CN1CCCC1=O. The van der Waals surface area contributed by atoms with Crippen LogP contribution in [0.4, 0.5) is 0 Å². The number of rotatable bonds is 5. The number of likely N-dealkylation sites (tertiary alicyclic amines) is 1. The van der Waals surface area contributed by atoms with Gasteiger partial charge in [-0.25, -0.2) is 0 Å². The van der Waals surface area contributed by atoms with E-state index >= 15 is 0 Å². The molecule has 15 heavy (non-hydrogen) atoms. The summed E-state index contributed by atoms with van der Waals surface area (Å²) in [4.78, 5) is 35.0. The van der Waals surface area contributed by atoms with Crippen molar-refractivity contribution in [3.63, 3.8) is 0 Å². The Morgan fingerprint density at radius 1 is 1.47 bits per heavy atom. The molecule has 0 aromatic heterocycles. The molecule has 0 atom stereocenters. The summed E-state index contributed by atoms with van der Waals surface area (Å²) in [6, 6.07) is 0. The second-order valence-electron chi connectivity index (χ2n) is 3.44. The van der Waals surface area contributed by atoms with Gasteiger partial charge < -0.3 is 9.64 Å². The van der Waals surface area contributed by atoms with Crippen molar-refractivity contribution >= 4 is 17.7 Å². The van der Waals surface area contributed by atoms with Gasteiger partial charge in [-0.2, -0.15) is 0 Å². The normalized spacial score (nSPS) is 15.5. The summed E-state index contributed by atoms with van der Waals surface area (Å²) in [5, 5.41) is 0. The molecule has 5 nitrogen and oxygen atoms in total. The van der Waals surface area contributed by atoms with Gasteiger partial charge in [-0.1, -0.05) is 0 Å². The topological polar surface area (TPSA) is 63.7 Å². The minimum atomic E-state index is -0.519. The van der Waals surface area contributed by atoms with E-state index in [0.717, 1.165) is 6.42 Å². The maximum Gasteiger partial charge on any atom is 0.313 e. The van der Waals surface area contributed by atoms with Crippen molar-refractivity contribution in [1.29, 1.82) is 0 Å². The molecule has 5 heteroatoms. The molecule has 0 unspecified atom stereocenters. The lowest BCUT2D eigenvalue weighted by molar-refractivity contribution is -0.146. The van der Waals surface area contributed by atoms with E-state index in [1.54, 1.807) is 6.92 Å². The molecular weight excluding hydrogens is 198 g/mol. The Kier molecular flexibility index (Phi) is 4.27. The summed E-state index contributed by atoms with van der Waals surface area (Å²) in [6.07, 6.45) is 1.07. The molecule has 1 aliphatic heterocycles. The van der Waals surface area contributed by atoms with Crippen LogP contribution in [0, 0.1) is 0 Å². The fraction of sp³-hybridized carbons (Fsp3) is 0.700. The quantitative estimate of drug-likeness (QED) is 0.481. The number of Topliss-reactive ketones (excluding diaryl/α,β-unsaturated/α-hetero) is 1. The summed E-state index contributed by atoms with van der Waals surface area (Å²) in [5.74, 6) is -0.787. The van der Waals surface area contributed by atoms with E-state index < -0.39 is 5.97 Å². The Balaban J connectivity index is 2.29. The second kappa shape index (κ2) is 5.48. The van der Waals surface area contributed by atoms with Gasteiger partial charge in [-0.15, -0.1) is 0 Å². The molecule has 0 aromatic carbocycles. The van der Waals surface area contributed by atoms with Crippen molar-refractivity contribution in [3.05, 3.63) is 0 Å². The molecule has 0 radical (unpaired) electrons. The summed E-state index contributed by atoms with van der Waals surface area (Å²) in [6.45, 7) is 2.62. The number of nitrogens with zero attached hydrogens (tertiary/aromatic N) is 1. The van der Waals surface area contributed by atoms with E-state index in [1.807, 2.05) is 0 Å². The van der Waals surface area contributed by atoms with Crippen LogP contribution >= 0.6 is 0 Å². The molecule has 0 saturated carbocycles. The van der Waals surface area contributed by atoms with Crippen LogP contribution in [0.3, 0.4) is 0 Å². The first-order chi connectivity index (χ1) is 7.13. The Labute approximate surface area is 88.4 Å². The minimum absolute atomic E-state index is 0.00721. The van der Waals surface area contributed by atoms with E-state index in [2.05, 4.69) is 4.74 Å². The first-order valence-electron chi connectivity index (χ1n) is 5.08. The van der Waals surface area contributed by atoms with Crippen molar-refractivity contribution in [2.24, 2.45) is 0 Å². The molecule has 1 saturated heterocycles. The first-order valence-corrected chi connectivity index (χ1v) is 5.08. The van der Waals surface area contributed by atoms with Gasteiger partial charge in [0.15, 0.2) is 5.78 Å². The Hall–Kier alpha value is -1.39. The van der Waals surface area contributed by atoms with Crippen molar-refractivity contribution in [2.45, 2.75) is 26.2 Å². The number of carbonyl (C=O) groups excluding carboxylic acids is 3. The predicted molar refractivity (Wildman–Crippen MR) is 52.1 cm³/mol. The van der Waals surface area contributed by atoms with Gasteiger partial charge in [0.25, 0.3) is 0 Å². The third kappa shape index (κ3) is 3.69. The van der Waals surface area contributed by atoms with Gasteiger partial charge in [0.2, 0.25) is 5.91 Å². The van der Waals surface area contributed by atoms with Crippen LogP contribution in [0.15, 0.2) is 0 Å². The standard InChI is InChI=1S/C10H15NO4/c1-2-15-10(14)6-8(12)7-11-5-3-4-9(11)13/h2-7H2,1H3. The van der Waals surface area contributed by atoms with Gasteiger partial charge in [-0.05, 0) is 13.3 Å². The molecule has 84 valence electrons. The maximum atomic E-state index is 11.3. The molecule has 0 aliphatic carbocycles. The number of hydrogen-bond donors (Lipinski definition) is 0. The van der Waals surface area contributed by atoms with Gasteiger partial charge in [0, 0.05) is 13.0 Å². The van der Waals surface area contributed by atoms with Crippen molar-refractivity contribution in [3.8, 4) is 0 Å². The van der Waals surface area contributed by atoms with Crippen LogP contribution in [0.1, 0.15) is 26.2 Å². The van der Waals surface area contributed by atoms with Crippen LogP contribution in [0.25, 0.3) is 0 Å². The summed E-state index contributed by atoms with van der Waals surface area (Å²) >= 11 is 0. The van der Waals surface area contributed by atoms with Gasteiger partial charge >= 0.3 is 5.97 Å². The average molecular weight is 213 g/mol. The number of hydrogen-bond acceptors (Lipinski definition) is 4. The van der Waals surface area contributed by atoms with Crippen LogP contribution in [0.5, 0.6) is 0 Å². The predicted octanol–water partition coefficient (Wildman–Crippen LogP) is 0.131. The third-order valence-corrected chi connectivity index (χ3v) is 2.19. The lowest BCUT2D eigenvalue weighted by Crippen LogP contribution is -2.31. The van der Waals surface area contributed by atoms with E-state index in [-0.39, 0.29) is 31.3 Å². The summed E-state index contributed by atoms with van der Waals surface area (Å²) < 4.78 is 4.64.